The van der Waals surface area contributed by atoms with E-state index in [4.69, 9.17) is 25.8 Å². The SMILES string of the molecule is CC(Cl)C(=O)OCC(=O)OC12CC3CC(C1)OC(=O)C(C3)C2. The number of fused-ring (bicyclic) bond motifs is 1. The summed E-state index contributed by atoms with van der Waals surface area (Å²) in [6.45, 7) is 1.02. The van der Waals surface area contributed by atoms with Gasteiger partial charge in [-0.25, -0.2) is 4.79 Å². The third-order valence-corrected chi connectivity index (χ3v) is 4.87. The highest BCUT2D eigenvalue weighted by Gasteiger charge is 2.54. The van der Waals surface area contributed by atoms with Crippen molar-refractivity contribution < 1.29 is 28.6 Å². The Kier molecular flexibility index (Phi) is 4.05. The lowest BCUT2D eigenvalue weighted by molar-refractivity contribution is -0.181. The molecule has 4 aliphatic rings. The van der Waals surface area contributed by atoms with E-state index in [-0.39, 0.29) is 18.0 Å². The van der Waals surface area contributed by atoms with E-state index in [9.17, 15) is 14.4 Å². The fourth-order valence-corrected chi connectivity index (χ4v) is 4.08. The first-order valence-electron chi connectivity index (χ1n) is 7.60. The highest BCUT2D eigenvalue weighted by molar-refractivity contribution is 6.29. The molecule has 0 amide bonds. The zero-order valence-electron chi connectivity index (χ0n) is 12.4. The molecule has 0 aromatic carbocycles. The molecular formula is C15H19ClO6. The van der Waals surface area contributed by atoms with Crippen LogP contribution in [0.1, 0.15) is 39.0 Å². The molecule has 4 fully saturated rings. The molecule has 5 unspecified atom stereocenters. The van der Waals surface area contributed by atoms with E-state index in [1.54, 1.807) is 0 Å². The minimum absolute atomic E-state index is 0.169. The molecule has 0 aromatic heterocycles. The second-order valence-corrected chi connectivity index (χ2v) is 7.24. The molecule has 5 atom stereocenters. The van der Waals surface area contributed by atoms with Gasteiger partial charge in [-0.3, -0.25) is 9.59 Å². The Balaban J connectivity index is 1.63. The zero-order valence-corrected chi connectivity index (χ0v) is 13.1. The molecule has 2 aliphatic carbocycles. The molecule has 2 saturated heterocycles. The van der Waals surface area contributed by atoms with Gasteiger partial charge >= 0.3 is 17.9 Å². The van der Waals surface area contributed by atoms with E-state index in [1.807, 2.05) is 0 Å². The molecule has 4 rings (SSSR count). The third-order valence-electron chi connectivity index (χ3n) is 4.70. The van der Waals surface area contributed by atoms with Crippen LogP contribution in [0.15, 0.2) is 0 Å². The molecule has 2 aliphatic heterocycles. The van der Waals surface area contributed by atoms with Crippen molar-refractivity contribution in [2.24, 2.45) is 11.8 Å². The van der Waals surface area contributed by atoms with Crippen molar-refractivity contribution in [2.45, 2.75) is 56.1 Å². The lowest BCUT2D eigenvalue weighted by Gasteiger charge is -2.45. The summed E-state index contributed by atoms with van der Waals surface area (Å²) >= 11 is 5.57. The van der Waals surface area contributed by atoms with Crippen LogP contribution < -0.4 is 0 Å². The Hall–Kier alpha value is -1.30. The lowest BCUT2D eigenvalue weighted by atomic mass is 9.65. The third kappa shape index (κ3) is 3.07. The average molecular weight is 331 g/mol. The van der Waals surface area contributed by atoms with Crippen molar-refractivity contribution in [2.75, 3.05) is 6.61 Å². The van der Waals surface area contributed by atoms with E-state index >= 15 is 0 Å². The number of hydrogen-bond acceptors (Lipinski definition) is 6. The molecule has 0 spiro atoms. The first-order valence-corrected chi connectivity index (χ1v) is 8.03. The van der Waals surface area contributed by atoms with E-state index in [0.29, 0.717) is 18.8 Å². The second-order valence-electron chi connectivity index (χ2n) is 6.59. The van der Waals surface area contributed by atoms with E-state index < -0.39 is 29.5 Å². The van der Waals surface area contributed by atoms with Crippen LogP contribution in [-0.4, -0.2) is 41.6 Å². The topological polar surface area (TPSA) is 78.9 Å². The van der Waals surface area contributed by atoms with Crippen molar-refractivity contribution in [3.8, 4) is 0 Å². The molecule has 122 valence electrons. The Morgan fingerprint density at radius 2 is 2.14 bits per heavy atom. The van der Waals surface area contributed by atoms with Crippen LogP contribution in [0.2, 0.25) is 0 Å². The summed E-state index contributed by atoms with van der Waals surface area (Å²) in [6, 6.07) is 0. The number of esters is 3. The van der Waals surface area contributed by atoms with Crippen molar-refractivity contribution in [1.82, 2.24) is 0 Å². The summed E-state index contributed by atoms with van der Waals surface area (Å²) in [7, 11) is 0. The number of carbonyl (C=O) groups is 3. The molecular weight excluding hydrogens is 312 g/mol. The fraction of sp³-hybridized carbons (Fsp3) is 0.800. The average Bonchev–Trinajstić information content (AvgIpc) is 2.58. The standard InChI is InChI=1S/C15H19ClO6/c1-8(16)13(18)20-7-12(17)22-15-4-9-2-10(5-15)14(19)21-11(3-9)6-15/h8-11H,2-7H2,1H3. The highest BCUT2D eigenvalue weighted by Crippen LogP contribution is 2.51. The van der Waals surface area contributed by atoms with Gasteiger partial charge in [0.15, 0.2) is 6.61 Å². The lowest BCUT2D eigenvalue weighted by Crippen LogP contribution is -2.48. The van der Waals surface area contributed by atoms with Gasteiger partial charge in [0, 0.05) is 12.8 Å². The Morgan fingerprint density at radius 3 is 2.86 bits per heavy atom. The number of carbonyl (C=O) groups excluding carboxylic acids is 3. The van der Waals surface area contributed by atoms with Crippen molar-refractivity contribution in [1.29, 1.82) is 0 Å². The van der Waals surface area contributed by atoms with Crippen LogP contribution in [-0.2, 0) is 28.6 Å². The van der Waals surface area contributed by atoms with E-state index in [2.05, 4.69) is 0 Å². The predicted octanol–water partition coefficient (Wildman–Crippen LogP) is 1.57. The molecule has 2 heterocycles. The molecule has 4 bridgehead atoms. The van der Waals surface area contributed by atoms with Crippen LogP contribution in [0, 0.1) is 11.8 Å². The second kappa shape index (κ2) is 5.72. The summed E-state index contributed by atoms with van der Waals surface area (Å²) in [4.78, 5) is 35.2. The van der Waals surface area contributed by atoms with Gasteiger partial charge in [-0.1, -0.05) is 0 Å². The van der Waals surface area contributed by atoms with Crippen molar-refractivity contribution >= 4 is 29.5 Å². The Morgan fingerprint density at radius 1 is 1.36 bits per heavy atom. The predicted molar refractivity (Wildman–Crippen MR) is 75.0 cm³/mol. The van der Waals surface area contributed by atoms with Crippen LogP contribution in [0.3, 0.4) is 0 Å². The first-order chi connectivity index (χ1) is 10.4. The highest BCUT2D eigenvalue weighted by atomic mass is 35.5. The van der Waals surface area contributed by atoms with E-state index in [0.717, 1.165) is 19.3 Å². The summed E-state index contributed by atoms with van der Waals surface area (Å²) < 4.78 is 15.8. The molecule has 0 radical (unpaired) electrons. The van der Waals surface area contributed by atoms with Crippen LogP contribution in [0.5, 0.6) is 0 Å². The normalized spacial score (nSPS) is 37.2. The zero-order chi connectivity index (χ0) is 15.9. The minimum atomic E-state index is -0.804. The molecule has 2 saturated carbocycles. The van der Waals surface area contributed by atoms with Gasteiger partial charge in [-0.15, -0.1) is 11.6 Å². The van der Waals surface area contributed by atoms with Crippen LogP contribution in [0.4, 0.5) is 0 Å². The minimum Gasteiger partial charge on any atom is -0.462 e. The number of rotatable bonds is 4. The van der Waals surface area contributed by atoms with Gasteiger partial charge in [0.2, 0.25) is 0 Å². The summed E-state index contributed by atoms with van der Waals surface area (Å²) in [5, 5.41) is -0.804. The van der Waals surface area contributed by atoms with Gasteiger partial charge in [0.25, 0.3) is 0 Å². The quantitative estimate of drug-likeness (QED) is 0.442. The smallest absolute Gasteiger partial charge is 0.344 e. The van der Waals surface area contributed by atoms with Crippen molar-refractivity contribution in [3.05, 3.63) is 0 Å². The number of halogens is 1. The van der Waals surface area contributed by atoms with Crippen LogP contribution >= 0.6 is 11.6 Å². The van der Waals surface area contributed by atoms with Gasteiger partial charge in [-0.05, 0) is 32.1 Å². The molecule has 22 heavy (non-hydrogen) atoms. The van der Waals surface area contributed by atoms with Gasteiger partial charge in [0.05, 0.1) is 5.92 Å². The van der Waals surface area contributed by atoms with Gasteiger partial charge < -0.3 is 14.2 Å². The molecule has 0 aromatic rings. The Labute approximate surface area is 133 Å². The van der Waals surface area contributed by atoms with Crippen LogP contribution in [0.25, 0.3) is 0 Å². The first kappa shape index (κ1) is 15.6. The summed E-state index contributed by atoms with van der Waals surface area (Å²) in [6.07, 6.45) is 3.29. The van der Waals surface area contributed by atoms with E-state index in [1.165, 1.54) is 6.92 Å². The number of hydrogen-bond donors (Lipinski definition) is 0. The largest absolute Gasteiger partial charge is 0.462 e. The summed E-state index contributed by atoms with van der Waals surface area (Å²) in [5.41, 5.74) is -0.654. The maximum absolute atomic E-state index is 12.0. The Bertz CT molecular complexity index is 504. The fourth-order valence-electron chi connectivity index (χ4n) is 4.01. The van der Waals surface area contributed by atoms with Crippen molar-refractivity contribution in [3.63, 3.8) is 0 Å². The van der Waals surface area contributed by atoms with Gasteiger partial charge in [-0.2, -0.15) is 0 Å². The molecule has 6 nitrogen and oxygen atoms in total. The molecule has 0 N–H and O–H groups in total. The number of ether oxygens (including phenoxy) is 3. The van der Waals surface area contributed by atoms with Gasteiger partial charge in [0.1, 0.15) is 17.1 Å². The maximum atomic E-state index is 12.0. The summed E-state index contributed by atoms with van der Waals surface area (Å²) in [5.74, 6) is -1.26. The number of alkyl halides is 1. The molecule has 7 heteroatoms. The monoisotopic (exact) mass is 330 g/mol. The maximum Gasteiger partial charge on any atom is 0.344 e.